The Balaban J connectivity index is 2.35. The minimum absolute atomic E-state index is 0.0866. The summed E-state index contributed by atoms with van der Waals surface area (Å²) in [5, 5.41) is 26.4. The van der Waals surface area contributed by atoms with Gasteiger partial charge in [-0.1, -0.05) is 0 Å². The summed E-state index contributed by atoms with van der Waals surface area (Å²) in [6.45, 7) is 2.06. The van der Waals surface area contributed by atoms with E-state index in [2.05, 4.69) is 0 Å². The standard InChI is InChI=1S/C15H30O6/c16-4-1-7-19-13-10-14(20-8-2-5-17)12-15(11-13)21-9-3-6-18/h13-18H,1-12H2. The SMILES string of the molecule is OCCCOC1CC(OCCCO)CC(OCCCO)C1. The minimum Gasteiger partial charge on any atom is -0.396 e. The van der Waals surface area contributed by atoms with Crippen molar-refractivity contribution in [3.05, 3.63) is 0 Å². The van der Waals surface area contributed by atoms with Crippen LogP contribution < -0.4 is 0 Å². The summed E-state index contributed by atoms with van der Waals surface area (Å²) in [5.41, 5.74) is 0. The second kappa shape index (κ2) is 12.3. The molecule has 0 aromatic carbocycles. The van der Waals surface area contributed by atoms with E-state index in [1.165, 1.54) is 0 Å². The van der Waals surface area contributed by atoms with E-state index in [0.717, 1.165) is 19.3 Å². The van der Waals surface area contributed by atoms with E-state index in [0.29, 0.717) is 39.1 Å². The van der Waals surface area contributed by atoms with E-state index in [1.807, 2.05) is 0 Å². The molecule has 126 valence electrons. The van der Waals surface area contributed by atoms with Crippen molar-refractivity contribution in [2.24, 2.45) is 0 Å². The van der Waals surface area contributed by atoms with E-state index < -0.39 is 0 Å². The monoisotopic (exact) mass is 306 g/mol. The van der Waals surface area contributed by atoms with Gasteiger partial charge >= 0.3 is 0 Å². The highest BCUT2D eigenvalue weighted by Gasteiger charge is 2.30. The van der Waals surface area contributed by atoms with Crippen LogP contribution in [0.1, 0.15) is 38.5 Å². The van der Waals surface area contributed by atoms with E-state index in [1.54, 1.807) is 0 Å². The summed E-state index contributed by atoms with van der Waals surface area (Å²) >= 11 is 0. The summed E-state index contributed by atoms with van der Waals surface area (Å²) in [7, 11) is 0. The molecule has 1 fully saturated rings. The van der Waals surface area contributed by atoms with Gasteiger partial charge in [-0.15, -0.1) is 0 Å². The zero-order valence-corrected chi connectivity index (χ0v) is 12.8. The van der Waals surface area contributed by atoms with E-state index in [-0.39, 0.29) is 38.1 Å². The van der Waals surface area contributed by atoms with Crippen LogP contribution in [-0.2, 0) is 14.2 Å². The van der Waals surface area contributed by atoms with Crippen molar-refractivity contribution in [3.8, 4) is 0 Å². The van der Waals surface area contributed by atoms with Crippen LogP contribution in [0.15, 0.2) is 0 Å². The third-order valence-electron chi connectivity index (χ3n) is 3.55. The smallest absolute Gasteiger partial charge is 0.0624 e. The van der Waals surface area contributed by atoms with Crippen LogP contribution in [0.2, 0.25) is 0 Å². The van der Waals surface area contributed by atoms with Crippen LogP contribution in [0.4, 0.5) is 0 Å². The molecule has 0 aromatic rings. The number of hydrogen-bond acceptors (Lipinski definition) is 6. The Hall–Kier alpha value is -0.240. The fourth-order valence-corrected chi connectivity index (χ4v) is 2.52. The van der Waals surface area contributed by atoms with Crippen molar-refractivity contribution < 1.29 is 29.5 Å². The fraction of sp³-hybridized carbons (Fsp3) is 1.00. The molecule has 0 heterocycles. The molecule has 0 radical (unpaired) electrons. The Morgan fingerprint density at radius 3 is 1.10 bits per heavy atom. The van der Waals surface area contributed by atoms with Crippen LogP contribution in [-0.4, -0.2) is 73.3 Å². The predicted molar refractivity (Wildman–Crippen MR) is 78.2 cm³/mol. The molecule has 6 nitrogen and oxygen atoms in total. The third-order valence-corrected chi connectivity index (χ3v) is 3.55. The zero-order valence-electron chi connectivity index (χ0n) is 12.8. The summed E-state index contributed by atoms with van der Waals surface area (Å²) in [4.78, 5) is 0. The van der Waals surface area contributed by atoms with Gasteiger partial charge in [0, 0.05) is 39.6 Å². The molecule has 1 aliphatic rings. The highest BCUT2D eigenvalue weighted by atomic mass is 16.5. The van der Waals surface area contributed by atoms with Crippen LogP contribution in [0, 0.1) is 0 Å². The predicted octanol–water partition coefficient (Wildman–Crippen LogP) is 0.473. The van der Waals surface area contributed by atoms with Crippen LogP contribution in [0.3, 0.4) is 0 Å². The molecule has 0 amide bonds. The van der Waals surface area contributed by atoms with Crippen LogP contribution in [0.5, 0.6) is 0 Å². The first-order valence-electron chi connectivity index (χ1n) is 7.97. The minimum atomic E-state index is 0.0866. The maximum Gasteiger partial charge on any atom is 0.0624 e. The lowest BCUT2D eigenvalue weighted by Gasteiger charge is -2.34. The van der Waals surface area contributed by atoms with Crippen molar-refractivity contribution in [2.45, 2.75) is 56.8 Å². The van der Waals surface area contributed by atoms with Gasteiger partial charge in [-0.3, -0.25) is 0 Å². The fourth-order valence-electron chi connectivity index (χ4n) is 2.52. The van der Waals surface area contributed by atoms with E-state index >= 15 is 0 Å². The Morgan fingerprint density at radius 2 is 0.857 bits per heavy atom. The maximum atomic E-state index is 8.81. The zero-order chi connectivity index (χ0) is 15.3. The molecule has 1 aliphatic carbocycles. The molecule has 0 saturated heterocycles. The third kappa shape index (κ3) is 8.70. The highest BCUT2D eigenvalue weighted by Crippen LogP contribution is 2.26. The maximum absolute atomic E-state index is 8.81. The van der Waals surface area contributed by atoms with Gasteiger partial charge in [0.15, 0.2) is 0 Å². The van der Waals surface area contributed by atoms with Gasteiger partial charge in [-0.25, -0.2) is 0 Å². The first kappa shape index (κ1) is 18.8. The summed E-state index contributed by atoms with van der Waals surface area (Å²) in [5.74, 6) is 0. The molecular weight excluding hydrogens is 276 g/mol. The summed E-state index contributed by atoms with van der Waals surface area (Å²) in [6.07, 6.45) is 4.67. The molecule has 0 bridgehead atoms. The number of ether oxygens (including phenoxy) is 3. The van der Waals surface area contributed by atoms with Crippen molar-refractivity contribution in [3.63, 3.8) is 0 Å². The lowest BCUT2D eigenvalue weighted by Crippen LogP contribution is -2.38. The van der Waals surface area contributed by atoms with E-state index in [9.17, 15) is 0 Å². The highest BCUT2D eigenvalue weighted by molar-refractivity contribution is 4.81. The molecule has 0 spiro atoms. The Kier molecular flexibility index (Phi) is 11.0. The van der Waals surface area contributed by atoms with Crippen LogP contribution in [0.25, 0.3) is 0 Å². The molecule has 0 atom stereocenters. The Labute approximate surface area is 127 Å². The molecule has 0 aromatic heterocycles. The van der Waals surface area contributed by atoms with Crippen LogP contribution >= 0.6 is 0 Å². The normalized spacial score (nSPS) is 26.1. The van der Waals surface area contributed by atoms with Crippen molar-refractivity contribution >= 4 is 0 Å². The molecule has 0 aliphatic heterocycles. The van der Waals surface area contributed by atoms with Gasteiger partial charge in [0.05, 0.1) is 18.3 Å². The lowest BCUT2D eigenvalue weighted by molar-refractivity contribution is -0.103. The van der Waals surface area contributed by atoms with Gasteiger partial charge in [0.25, 0.3) is 0 Å². The number of aliphatic hydroxyl groups is 3. The largest absolute Gasteiger partial charge is 0.396 e. The van der Waals surface area contributed by atoms with E-state index in [4.69, 9.17) is 29.5 Å². The Bertz CT molecular complexity index is 194. The number of hydrogen-bond donors (Lipinski definition) is 3. The Morgan fingerprint density at radius 1 is 0.571 bits per heavy atom. The quantitative estimate of drug-likeness (QED) is 0.454. The van der Waals surface area contributed by atoms with Gasteiger partial charge in [0.2, 0.25) is 0 Å². The topological polar surface area (TPSA) is 88.4 Å². The molecule has 0 unspecified atom stereocenters. The van der Waals surface area contributed by atoms with Gasteiger partial charge < -0.3 is 29.5 Å². The second-order valence-electron chi connectivity index (χ2n) is 5.42. The number of rotatable bonds is 12. The molecule has 1 rings (SSSR count). The summed E-state index contributed by atoms with van der Waals surface area (Å²) in [6, 6.07) is 0. The first-order chi connectivity index (χ1) is 10.3. The van der Waals surface area contributed by atoms with Crippen molar-refractivity contribution in [2.75, 3.05) is 39.6 Å². The molecule has 1 saturated carbocycles. The van der Waals surface area contributed by atoms with Gasteiger partial charge in [-0.05, 0) is 38.5 Å². The van der Waals surface area contributed by atoms with Gasteiger partial charge in [0.1, 0.15) is 0 Å². The molecule has 3 N–H and O–H groups in total. The number of aliphatic hydroxyl groups excluding tert-OH is 3. The first-order valence-corrected chi connectivity index (χ1v) is 7.97. The molecule has 21 heavy (non-hydrogen) atoms. The lowest BCUT2D eigenvalue weighted by atomic mass is 9.92. The average Bonchev–Trinajstić information content (AvgIpc) is 2.48. The summed E-state index contributed by atoms with van der Waals surface area (Å²) < 4.78 is 17.3. The van der Waals surface area contributed by atoms with Crippen molar-refractivity contribution in [1.82, 2.24) is 0 Å². The average molecular weight is 306 g/mol. The van der Waals surface area contributed by atoms with Crippen molar-refractivity contribution in [1.29, 1.82) is 0 Å². The van der Waals surface area contributed by atoms with Gasteiger partial charge in [-0.2, -0.15) is 0 Å². The second-order valence-corrected chi connectivity index (χ2v) is 5.42. The molecule has 6 heteroatoms. The molecular formula is C15H30O6.